The molecule has 0 bridgehead atoms. The van der Waals surface area contributed by atoms with Gasteiger partial charge in [0.05, 0.1) is 11.0 Å². The molecule has 2 N–H and O–H groups in total. The second kappa shape index (κ2) is 4.63. The van der Waals surface area contributed by atoms with E-state index in [0.717, 1.165) is 40.2 Å². The van der Waals surface area contributed by atoms with E-state index >= 15 is 0 Å². The van der Waals surface area contributed by atoms with Crippen LogP contribution in [0.2, 0.25) is 0 Å². The van der Waals surface area contributed by atoms with Crippen LogP contribution in [0.3, 0.4) is 0 Å². The van der Waals surface area contributed by atoms with E-state index in [1.165, 1.54) is 12.1 Å². The van der Waals surface area contributed by atoms with Crippen LogP contribution in [0.1, 0.15) is 12.5 Å². The molecule has 20 heavy (non-hydrogen) atoms. The van der Waals surface area contributed by atoms with Gasteiger partial charge >= 0.3 is 0 Å². The number of benzene rings is 2. The van der Waals surface area contributed by atoms with E-state index < -0.39 is 0 Å². The molecule has 3 aromatic rings. The molecular formula is C16H16FN3. The van der Waals surface area contributed by atoms with Gasteiger partial charge in [-0.3, -0.25) is 0 Å². The first-order valence-corrected chi connectivity index (χ1v) is 6.63. The predicted octanol–water partition coefficient (Wildman–Crippen LogP) is 3.75. The number of fused-ring (bicyclic) bond motifs is 1. The molecule has 3 rings (SSSR count). The van der Waals surface area contributed by atoms with Crippen molar-refractivity contribution in [2.45, 2.75) is 20.4 Å². The Morgan fingerprint density at radius 1 is 1.25 bits per heavy atom. The highest BCUT2D eigenvalue weighted by atomic mass is 19.1. The first-order chi connectivity index (χ1) is 9.61. The molecule has 0 aliphatic heterocycles. The topological polar surface area (TPSA) is 43.8 Å². The zero-order chi connectivity index (χ0) is 14.3. The number of aromatic nitrogens is 2. The SMILES string of the molecule is CCn1c(-c2cccc(N)c2C)nc2ccc(F)cc21. The second-order valence-electron chi connectivity index (χ2n) is 4.83. The molecule has 1 aromatic heterocycles. The molecule has 102 valence electrons. The van der Waals surface area contributed by atoms with E-state index in [-0.39, 0.29) is 5.82 Å². The largest absolute Gasteiger partial charge is 0.398 e. The van der Waals surface area contributed by atoms with Crippen molar-refractivity contribution in [3.63, 3.8) is 0 Å². The summed E-state index contributed by atoms with van der Waals surface area (Å²) in [4.78, 5) is 4.64. The number of aryl methyl sites for hydroxylation is 1. The molecule has 0 atom stereocenters. The molecular weight excluding hydrogens is 253 g/mol. The highest BCUT2D eigenvalue weighted by Gasteiger charge is 2.14. The van der Waals surface area contributed by atoms with E-state index in [2.05, 4.69) is 4.98 Å². The van der Waals surface area contributed by atoms with Gasteiger partial charge in [-0.15, -0.1) is 0 Å². The second-order valence-corrected chi connectivity index (χ2v) is 4.83. The van der Waals surface area contributed by atoms with Gasteiger partial charge in [-0.25, -0.2) is 9.37 Å². The molecule has 0 aliphatic rings. The fourth-order valence-electron chi connectivity index (χ4n) is 2.52. The first-order valence-electron chi connectivity index (χ1n) is 6.63. The van der Waals surface area contributed by atoms with E-state index in [1.54, 1.807) is 6.07 Å². The minimum absolute atomic E-state index is 0.247. The first kappa shape index (κ1) is 12.7. The van der Waals surface area contributed by atoms with E-state index in [9.17, 15) is 4.39 Å². The summed E-state index contributed by atoms with van der Waals surface area (Å²) >= 11 is 0. The maximum absolute atomic E-state index is 13.4. The van der Waals surface area contributed by atoms with E-state index in [1.807, 2.05) is 36.6 Å². The van der Waals surface area contributed by atoms with Crippen molar-refractivity contribution in [2.24, 2.45) is 0 Å². The maximum atomic E-state index is 13.4. The van der Waals surface area contributed by atoms with Crippen LogP contribution in [0, 0.1) is 12.7 Å². The van der Waals surface area contributed by atoms with Crippen molar-refractivity contribution in [3.05, 3.63) is 47.8 Å². The molecule has 3 nitrogen and oxygen atoms in total. The van der Waals surface area contributed by atoms with Gasteiger partial charge in [0.1, 0.15) is 11.6 Å². The third-order valence-corrected chi connectivity index (χ3v) is 3.64. The van der Waals surface area contributed by atoms with Crippen LogP contribution >= 0.6 is 0 Å². The standard InChI is InChI=1S/C16H16FN3/c1-3-20-15-9-11(17)7-8-14(15)19-16(20)12-5-4-6-13(18)10(12)2/h4-9H,3,18H2,1-2H3. The highest BCUT2D eigenvalue weighted by molar-refractivity contribution is 5.82. The average molecular weight is 269 g/mol. The number of nitrogen functional groups attached to an aromatic ring is 1. The van der Waals surface area contributed by atoms with Crippen molar-refractivity contribution < 1.29 is 4.39 Å². The van der Waals surface area contributed by atoms with Crippen LogP contribution in [0.25, 0.3) is 22.4 Å². The lowest BCUT2D eigenvalue weighted by Crippen LogP contribution is -2.00. The number of halogens is 1. The van der Waals surface area contributed by atoms with Crippen molar-refractivity contribution in [2.75, 3.05) is 5.73 Å². The highest BCUT2D eigenvalue weighted by Crippen LogP contribution is 2.29. The van der Waals surface area contributed by atoms with Crippen molar-refractivity contribution in [3.8, 4) is 11.4 Å². The lowest BCUT2D eigenvalue weighted by atomic mass is 10.1. The Balaban J connectivity index is 2.33. The number of rotatable bonds is 2. The Hall–Kier alpha value is -2.36. The fraction of sp³-hybridized carbons (Fsp3) is 0.188. The van der Waals surface area contributed by atoms with Crippen LogP contribution in [-0.4, -0.2) is 9.55 Å². The number of nitrogens with two attached hydrogens (primary N) is 1. The third kappa shape index (κ3) is 1.84. The van der Waals surface area contributed by atoms with Crippen LogP contribution in [0.4, 0.5) is 10.1 Å². The number of nitrogens with zero attached hydrogens (tertiary/aromatic N) is 2. The number of hydrogen-bond acceptors (Lipinski definition) is 2. The third-order valence-electron chi connectivity index (χ3n) is 3.64. The van der Waals surface area contributed by atoms with Gasteiger partial charge < -0.3 is 10.3 Å². The lowest BCUT2D eigenvalue weighted by Gasteiger charge is -2.10. The van der Waals surface area contributed by atoms with Gasteiger partial charge in [0, 0.05) is 17.8 Å². The molecule has 1 heterocycles. The molecule has 0 radical (unpaired) electrons. The van der Waals surface area contributed by atoms with Gasteiger partial charge in [-0.2, -0.15) is 0 Å². The van der Waals surface area contributed by atoms with Gasteiger partial charge in [0.15, 0.2) is 0 Å². The van der Waals surface area contributed by atoms with Crippen LogP contribution in [-0.2, 0) is 6.54 Å². The molecule has 2 aromatic carbocycles. The van der Waals surface area contributed by atoms with Gasteiger partial charge in [-0.05, 0) is 43.7 Å². The molecule has 0 fully saturated rings. The molecule has 0 amide bonds. The minimum atomic E-state index is -0.247. The Morgan fingerprint density at radius 2 is 2.05 bits per heavy atom. The lowest BCUT2D eigenvalue weighted by molar-refractivity contribution is 0.628. The minimum Gasteiger partial charge on any atom is -0.398 e. The van der Waals surface area contributed by atoms with Crippen LogP contribution in [0.15, 0.2) is 36.4 Å². The molecule has 0 aliphatic carbocycles. The maximum Gasteiger partial charge on any atom is 0.141 e. The fourth-order valence-corrected chi connectivity index (χ4v) is 2.52. The van der Waals surface area contributed by atoms with Crippen LogP contribution in [0.5, 0.6) is 0 Å². The summed E-state index contributed by atoms with van der Waals surface area (Å²) in [7, 11) is 0. The zero-order valence-electron chi connectivity index (χ0n) is 11.5. The summed E-state index contributed by atoms with van der Waals surface area (Å²) in [5.74, 6) is 0.584. The smallest absolute Gasteiger partial charge is 0.141 e. The Kier molecular flexibility index (Phi) is 2.93. The molecule has 0 saturated heterocycles. The Bertz CT molecular complexity index is 790. The summed E-state index contributed by atoms with van der Waals surface area (Å²) in [5, 5.41) is 0. The number of hydrogen-bond donors (Lipinski definition) is 1. The summed E-state index contributed by atoms with van der Waals surface area (Å²) in [6.07, 6.45) is 0. The molecule has 0 unspecified atom stereocenters. The summed E-state index contributed by atoms with van der Waals surface area (Å²) < 4.78 is 15.5. The zero-order valence-corrected chi connectivity index (χ0v) is 11.5. The molecule has 4 heteroatoms. The number of anilines is 1. The number of imidazole rings is 1. The predicted molar refractivity (Wildman–Crippen MR) is 80.0 cm³/mol. The molecule has 0 spiro atoms. The summed E-state index contributed by atoms with van der Waals surface area (Å²) in [5.41, 5.74) is 10.3. The van der Waals surface area contributed by atoms with Crippen molar-refractivity contribution >= 4 is 16.7 Å². The summed E-state index contributed by atoms with van der Waals surface area (Å²) in [6.45, 7) is 4.73. The van der Waals surface area contributed by atoms with Crippen molar-refractivity contribution in [1.29, 1.82) is 0 Å². The average Bonchev–Trinajstić information content (AvgIpc) is 2.79. The Labute approximate surface area is 116 Å². The quantitative estimate of drug-likeness (QED) is 0.720. The van der Waals surface area contributed by atoms with E-state index in [4.69, 9.17) is 5.73 Å². The van der Waals surface area contributed by atoms with Gasteiger partial charge in [0.25, 0.3) is 0 Å². The molecule has 0 saturated carbocycles. The monoisotopic (exact) mass is 269 g/mol. The normalized spacial score (nSPS) is 11.2. The van der Waals surface area contributed by atoms with Gasteiger partial charge in [-0.1, -0.05) is 12.1 Å². The Morgan fingerprint density at radius 3 is 2.80 bits per heavy atom. The summed E-state index contributed by atoms with van der Waals surface area (Å²) in [6, 6.07) is 10.5. The van der Waals surface area contributed by atoms with Crippen molar-refractivity contribution in [1.82, 2.24) is 9.55 Å². The van der Waals surface area contributed by atoms with Gasteiger partial charge in [0.2, 0.25) is 0 Å². The van der Waals surface area contributed by atoms with Crippen LogP contribution < -0.4 is 5.73 Å². The van der Waals surface area contributed by atoms with E-state index in [0.29, 0.717) is 0 Å².